The van der Waals surface area contributed by atoms with Gasteiger partial charge in [0.25, 0.3) is 5.91 Å². The Morgan fingerprint density at radius 3 is 2.35 bits per heavy atom. The zero-order valence-corrected chi connectivity index (χ0v) is 14.6. The summed E-state index contributed by atoms with van der Waals surface area (Å²) in [6.45, 7) is 8.19. The van der Waals surface area contributed by atoms with Crippen LogP contribution in [0.4, 0.5) is 5.13 Å². The van der Waals surface area contributed by atoms with Gasteiger partial charge in [0.2, 0.25) is 5.91 Å². The van der Waals surface area contributed by atoms with Crippen molar-refractivity contribution < 1.29 is 9.59 Å². The summed E-state index contributed by atoms with van der Waals surface area (Å²) in [5.74, 6) is -0.267. The molecule has 0 bridgehead atoms. The fourth-order valence-electron chi connectivity index (χ4n) is 1.85. The van der Waals surface area contributed by atoms with Gasteiger partial charge in [-0.1, -0.05) is 32.9 Å². The van der Waals surface area contributed by atoms with Crippen molar-refractivity contribution in [3.05, 3.63) is 46.5 Å². The topological polar surface area (TPSA) is 71.1 Å². The van der Waals surface area contributed by atoms with Crippen LogP contribution < -0.4 is 10.6 Å². The molecule has 0 saturated carbocycles. The maximum absolute atomic E-state index is 12.2. The van der Waals surface area contributed by atoms with Gasteiger partial charge in [-0.05, 0) is 17.7 Å². The number of benzene rings is 1. The zero-order valence-electron chi connectivity index (χ0n) is 13.8. The highest BCUT2D eigenvalue weighted by Crippen LogP contribution is 2.26. The molecule has 1 aromatic heterocycles. The first-order valence-corrected chi connectivity index (χ1v) is 8.24. The minimum Gasteiger partial charge on any atom is -0.352 e. The molecule has 1 heterocycles. The van der Waals surface area contributed by atoms with Crippen LogP contribution in [-0.4, -0.2) is 16.8 Å². The van der Waals surface area contributed by atoms with E-state index in [1.54, 1.807) is 12.1 Å². The molecule has 0 aliphatic rings. The van der Waals surface area contributed by atoms with Gasteiger partial charge < -0.3 is 5.32 Å². The Morgan fingerprint density at radius 2 is 1.83 bits per heavy atom. The molecule has 23 heavy (non-hydrogen) atoms. The summed E-state index contributed by atoms with van der Waals surface area (Å²) in [5.41, 5.74) is 2.43. The molecule has 2 aromatic rings. The summed E-state index contributed by atoms with van der Waals surface area (Å²) in [4.78, 5) is 27.6. The Kier molecular flexibility index (Phi) is 5.15. The van der Waals surface area contributed by atoms with Crippen molar-refractivity contribution >= 4 is 28.3 Å². The van der Waals surface area contributed by atoms with E-state index in [-0.39, 0.29) is 17.2 Å². The van der Waals surface area contributed by atoms with Crippen LogP contribution in [-0.2, 0) is 16.8 Å². The molecule has 6 heteroatoms. The van der Waals surface area contributed by atoms with Crippen LogP contribution in [0.5, 0.6) is 0 Å². The van der Waals surface area contributed by atoms with E-state index in [0.29, 0.717) is 17.2 Å². The smallest absolute Gasteiger partial charge is 0.257 e. The van der Waals surface area contributed by atoms with Crippen LogP contribution in [0.1, 0.15) is 49.3 Å². The lowest BCUT2D eigenvalue weighted by atomic mass is 9.93. The molecule has 1 aromatic carbocycles. The quantitative estimate of drug-likeness (QED) is 0.903. The summed E-state index contributed by atoms with van der Waals surface area (Å²) < 4.78 is 0. The Bertz CT molecular complexity index is 699. The van der Waals surface area contributed by atoms with E-state index in [4.69, 9.17) is 0 Å². The first kappa shape index (κ1) is 17.1. The standard InChI is InChI=1S/C17H21N3O2S/c1-11(21)18-9-12-5-7-13(8-6-12)15(22)20-16-19-14(10-23-16)17(2,3)4/h5-8,10H,9H2,1-4H3,(H,18,21)(H,19,20,22). The van der Waals surface area contributed by atoms with E-state index in [2.05, 4.69) is 36.4 Å². The number of thiazole rings is 1. The summed E-state index contributed by atoms with van der Waals surface area (Å²) in [5, 5.41) is 8.10. The highest BCUT2D eigenvalue weighted by atomic mass is 32.1. The van der Waals surface area contributed by atoms with E-state index in [1.807, 2.05) is 17.5 Å². The molecular formula is C17H21N3O2S. The van der Waals surface area contributed by atoms with Crippen LogP contribution in [0.3, 0.4) is 0 Å². The molecule has 0 unspecified atom stereocenters. The first-order chi connectivity index (χ1) is 10.8. The number of carbonyl (C=O) groups is 2. The average molecular weight is 331 g/mol. The highest BCUT2D eigenvalue weighted by molar-refractivity contribution is 7.14. The Morgan fingerprint density at radius 1 is 1.17 bits per heavy atom. The van der Waals surface area contributed by atoms with Gasteiger partial charge in [0.05, 0.1) is 5.69 Å². The minimum absolute atomic E-state index is 0.0369. The highest BCUT2D eigenvalue weighted by Gasteiger charge is 2.18. The molecule has 122 valence electrons. The number of amides is 2. The molecule has 2 amide bonds. The summed E-state index contributed by atoms with van der Waals surface area (Å²) in [6.07, 6.45) is 0. The lowest BCUT2D eigenvalue weighted by molar-refractivity contribution is -0.119. The Balaban J connectivity index is 2.00. The zero-order chi connectivity index (χ0) is 17.0. The van der Waals surface area contributed by atoms with E-state index in [1.165, 1.54) is 18.3 Å². The van der Waals surface area contributed by atoms with Gasteiger partial charge in [-0.3, -0.25) is 14.9 Å². The van der Waals surface area contributed by atoms with Crippen LogP contribution >= 0.6 is 11.3 Å². The van der Waals surface area contributed by atoms with E-state index in [0.717, 1.165) is 11.3 Å². The molecule has 0 saturated heterocycles. The molecule has 0 aliphatic heterocycles. The third-order valence-electron chi connectivity index (χ3n) is 3.25. The van der Waals surface area contributed by atoms with Gasteiger partial charge >= 0.3 is 0 Å². The van der Waals surface area contributed by atoms with Crippen molar-refractivity contribution in [3.63, 3.8) is 0 Å². The number of hydrogen-bond donors (Lipinski definition) is 2. The normalized spacial score (nSPS) is 11.1. The lowest BCUT2D eigenvalue weighted by Gasteiger charge is -2.14. The largest absolute Gasteiger partial charge is 0.352 e. The average Bonchev–Trinajstić information content (AvgIpc) is 2.94. The molecule has 2 N–H and O–H groups in total. The van der Waals surface area contributed by atoms with Crippen LogP contribution in [0.2, 0.25) is 0 Å². The maximum Gasteiger partial charge on any atom is 0.257 e. The molecule has 0 fully saturated rings. The summed E-state index contributed by atoms with van der Waals surface area (Å²) in [6, 6.07) is 7.14. The number of nitrogens with one attached hydrogen (secondary N) is 2. The Labute approximate surface area is 140 Å². The monoisotopic (exact) mass is 331 g/mol. The molecule has 2 rings (SSSR count). The second-order valence-corrected chi connectivity index (χ2v) is 7.21. The maximum atomic E-state index is 12.2. The number of rotatable bonds is 4. The number of anilines is 1. The van der Waals surface area contributed by atoms with Crippen LogP contribution in [0, 0.1) is 0 Å². The number of aromatic nitrogens is 1. The summed E-state index contributed by atoms with van der Waals surface area (Å²) >= 11 is 1.42. The second kappa shape index (κ2) is 6.91. The van der Waals surface area contributed by atoms with Crippen molar-refractivity contribution in [2.24, 2.45) is 0 Å². The van der Waals surface area contributed by atoms with Gasteiger partial charge in [0, 0.05) is 29.8 Å². The van der Waals surface area contributed by atoms with Crippen molar-refractivity contribution in [1.82, 2.24) is 10.3 Å². The van der Waals surface area contributed by atoms with Gasteiger partial charge in [0.1, 0.15) is 0 Å². The third kappa shape index (κ3) is 4.89. The lowest BCUT2D eigenvalue weighted by Crippen LogP contribution is -2.19. The fourth-order valence-corrected chi connectivity index (χ4v) is 2.78. The first-order valence-electron chi connectivity index (χ1n) is 7.36. The van der Waals surface area contributed by atoms with Crippen molar-refractivity contribution in [1.29, 1.82) is 0 Å². The van der Waals surface area contributed by atoms with E-state index >= 15 is 0 Å². The molecule has 0 spiro atoms. The fraction of sp³-hybridized carbons (Fsp3) is 0.353. The molecule has 0 atom stereocenters. The van der Waals surface area contributed by atoms with Crippen LogP contribution in [0.15, 0.2) is 29.6 Å². The van der Waals surface area contributed by atoms with E-state index < -0.39 is 0 Å². The van der Waals surface area contributed by atoms with E-state index in [9.17, 15) is 9.59 Å². The SMILES string of the molecule is CC(=O)NCc1ccc(C(=O)Nc2nc(C(C)(C)C)cs2)cc1. The van der Waals surface area contributed by atoms with Gasteiger partial charge in [-0.2, -0.15) is 0 Å². The van der Waals surface area contributed by atoms with Gasteiger partial charge in [-0.25, -0.2) is 4.98 Å². The molecule has 0 radical (unpaired) electrons. The third-order valence-corrected chi connectivity index (χ3v) is 4.01. The number of hydrogen-bond acceptors (Lipinski definition) is 4. The van der Waals surface area contributed by atoms with Gasteiger partial charge in [-0.15, -0.1) is 11.3 Å². The van der Waals surface area contributed by atoms with Crippen LogP contribution in [0.25, 0.3) is 0 Å². The van der Waals surface area contributed by atoms with Gasteiger partial charge in [0.15, 0.2) is 5.13 Å². The predicted octanol–water partition coefficient (Wildman–Crippen LogP) is 3.33. The number of nitrogens with zero attached hydrogens (tertiary/aromatic N) is 1. The Hall–Kier alpha value is -2.21. The molecule has 0 aliphatic carbocycles. The van der Waals surface area contributed by atoms with Crippen molar-refractivity contribution in [2.75, 3.05) is 5.32 Å². The minimum atomic E-state index is -0.189. The number of carbonyl (C=O) groups excluding carboxylic acids is 2. The second-order valence-electron chi connectivity index (χ2n) is 6.35. The summed E-state index contributed by atoms with van der Waals surface area (Å²) in [7, 11) is 0. The van der Waals surface area contributed by atoms with Crippen molar-refractivity contribution in [3.8, 4) is 0 Å². The molecule has 5 nitrogen and oxygen atoms in total. The predicted molar refractivity (Wildman–Crippen MR) is 92.7 cm³/mol. The van der Waals surface area contributed by atoms with Crippen molar-refractivity contribution in [2.45, 2.75) is 39.7 Å². The molecular weight excluding hydrogens is 310 g/mol.